The Hall–Kier alpha value is -1.71. The van der Waals surface area contributed by atoms with E-state index in [-0.39, 0.29) is 39.8 Å². The average Bonchev–Trinajstić information content (AvgIpc) is 3.22. The second-order valence-corrected chi connectivity index (χ2v) is 10.7. The van der Waals surface area contributed by atoms with E-state index in [2.05, 4.69) is 19.9 Å². The molecule has 4 nitrogen and oxygen atoms in total. The topological polar surface area (TPSA) is 60.4 Å². The molecule has 0 radical (unpaired) electrons. The standard InChI is InChI=1S/C25H32O4/c1-23-8-4-16(26)12-15(23)13-18(22(28)29-3)21-19(23)6-9-24(2)20(21)7-11-25(24)10-5-17(27)14-25/h6,12,18,20-21H,4-5,7-11,13-14H2,1-3H3/t18-,20?,21?,23+,24+,25-/m1/s1. The van der Waals surface area contributed by atoms with E-state index in [1.807, 2.05) is 6.08 Å². The molecule has 5 rings (SSSR count). The number of ketones is 2. The first kappa shape index (κ1) is 19.3. The SMILES string of the molecule is COC(=O)[C@@H]1CC2=CC(=O)CC[C@]2(C)C2=CC[C@@]3(C)C(CC[C@@]34CCC(=O)C4)C21. The molecule has 3 saturated carbocycles. The molecule has 0 aromatic heterocycles. The van der Waals surface area contributed by atoms with Crippen molar-refractivity contribution in [3.8, 4) is 0 Å². The van der Waals surface area contributed by atoms with Crippen LogP contribution in [0.2, 0.25) is 0 Å². The Kier molecular flexibility index (Phi) is 4.09. The van der Waals surface area contributed by atoms with Crippen LogP contribution in [0.15, 0.2) is 23.3 Å². The molecule has 4 heteroatoms. The summed E-state index contributed by atoms with van der Waals surface area (Å²) in [6.07, 6.45) is 11.9. The monoisotopic (exact) mass is 396 g/mol. The van der Waals surface area contributed by atoms with Crippen LogP contribution in [0.1, 0.15) is 71.6 Å². The van der Waals surface area contributed by atoms with Crippen molar-refractivity contribution in [3.05, 3.63) is 23.3 Å². The van der Waals surface area contributed by atoms with Crippen LogP contribution in [-0.4, -0.2) is 24.6 Å². The lowest BCUT2D eigenvalue weighted by Gasteiger charge is -2.57. The Morgan fingerprint density at radius 1 is 1.14 bits per heavy atom. The maximum absolute atomic E-state index is 12.9. The molecule has 0 aromatic rings. The second-order valence-electron chi connectivity index (χ2n) is 10.7. The van der Waals surface area contributed by atoms with Gasteiger partial charge in [0, 0.05) is 24.7 Å². The summed E-state index contributed by atoms with van der Waals surface area (Å²) in [5.41, 5.74) is 2.57. The van der Waals surface area contributed by atoms with E-state index < -0.39 is 0 Å². The van der Waals surface area contributed by atoms with Crippen LogP contribution in [0.25, 0.3) is 0 Å². The molecule has 0 N–H and O–H groups in total. The Labute approximate surface area is 173 Å². The van der Waals surface area contributed by atoms with Crippen LogP contribution in [0, 0.1) is 34.0 Å². The molecule has 0 aliphatic heterocycles. The molecular formula is C25H32O4. The molecule has 1 spiro atoms. The van der Waals surface area contributed by atoms with Gasteiger partial charge in [0.2, 0.25) is 0 Å². The van der Waals surface area contributed by atoms with Crippen molar-refractivity contribution < 1.29 is 19.1 Å². The zero-order chi connectivity index (χ0) is 20.6. The summed E-state index contributed by atoms with van der Waals surface area (Å²) in [7, 11) is 1.48. The third-order valence-corrected chi connectivity index (χ3v) is 9.85. The summed E-state index contributed by atoms with van der Waals surface area (Å²) >= 11 is 0. The zero-order valence-corrected chi connectivity index (χ0v) is 17.9. The molecule has 29 heavy (non-hydrogen) atoms. The fourth-order valence-corrected chi connectivity index (χ4v) is 8.09. The number of fused-ring (bicyclic) bond motifs is 6. The molecule has 0 amide bonds. The Balaban J connectivity index is 1.63. The Bertz CT molecular complexity index is 866. The lowest BCUT2D eigenvalue weighted by Crippen LogP contribution is -2.51. The lowest BCUT2D eigenvalue weighted by atomic mass is 9.47. The Morgan fingerprint density at radius 2 is 1.93 bits per heavy atom. The number of hydrogen-bond donors (Lipinski definition) is 0. The number of methoxy groups -OCH3 is 1. The highest BCUT2D eigenvalue weighted by Gasteiger charge is 2.65. The predicted molar refractivity (Wildman–Crippen MR) is 109 cm³/mol. The molecule has 0 heterocycles. The van der Waals surface area contributed by atoms with E-state index in [0.29, 0.717) is 24.5 Å². The van der Waals surface area contributed by atoms with Gasteiger partial charge in [-0.3, -0.25) is 14.4 Å². The van der Waals surface area contributed by atoms with E-state index in [0.717, 1.165) is 50.5 Å². The fourth-order valence-electron chi connectivity index (χ4n) is 8.09. The third kappa shape index (κ3) is 2.41. The zero-order valence-electron chi connectivity index (χ0n) is 17.9. The third-order valence-electron chi connectivity index (χ3n) is 9.85. The fraction of sp³-hybridized carbons (Fsp3) is 0.720. The molecule has 0 bridgehead atoms. The summed E-state index contributed by atoms with van der Waals surface area (Å²) in [6, 6.07) is 0. The normalized spacial score (nSPS) is 46.0. The van der Waals surface area contributed by atoms with Crippen molar-refractivity contribution >= 4 is 17.5 Å². The minimum absolute atomic E-state index is 0.0711. The highest BCUT2D eigenvalue weighted by Crippen LogP contribution is 2.72. The van der Waals surface area contributed by atoms with E-state index in [4.69, 9.17) is 4.74 Å². The quantitative estimate of drug-likeness (QED) is 0.481. The molecule has 2 unspecified atom stereocenters. The number of rotatable bonds is 1. The first-order valence-corrected chi connectivity index (χ1v) is 11.3. The summed E-state index contributed by atoms with van der Waals surface area (Å²) in [4.78, 5) is 37.3. The Morgan fingerprint density at radius 3 is 2.62 bits per heavy atom. The van der Waals surface area contributed by atoms with Gasteiger partial charge in [-0.1, -0.05) is 31.1 Å². The number of allylic oxidation sites excluding steroid dienone is 4. The van der Waals surface area contributed by atoms with Crippen LogP contribution in [-0.2, 0) is 19.1 Å². The maximum atomic E-state index is 12.9. The number of carbonyl (C=O) groups excluding carboxylic acids is 3. The van der Waals surface area contributed by atoms with E-state index in [1.54, 1.807) is 0 Å². The first-order chi connectivity index (χ1) is 13.7. The van der Waals surface area contributed by atoms with Gasteiger partial charge in [-0.2, -0.15) is 0 Å². The van der Waals surface area contributed by atoms with Crippen molar-refractivity contribution in [3.63, 3.8) is 0 Å². The predicted octanol–water partition coefficient (Wildman–Crippen LogP) is 4.58. The van der Waals surface area contributed by atoms with Gasteiger partial charge in [0.1, 0.15) is 5.78 Å². The molecule has 156 valence electrons. The molecule has 0 saturated heterocycles. The largest absolute Gasteiger partial charge is 0.469 e. The average molecular weight is 397 g/mol. The van der Waals surface area contributed by atoms with Gasteiger partial charge in [-0.25, -0.2) is 0 Å². The highest BCUT2D eigenvalue weighted by molar-refractivity contribution is 5.92. The second kappa shape index (κ2) is 6.15. The molecule has 0 aromatic carbocycles. The lowest BCUT2D eigenvalue weighted by molar-refractivity contribution is -0.150. The van der Waals surface area contributed by atoms with Crippen LogP contribution < -0.4 is 0 Å². The van der Waals surface area contributed by atoms with Crippen LogP contribution in [0.3, 0.4) is 0 Å². The van der Waals surface area contributed by atoms with Crippen molar-refractivity contribution in [2.24, 2.45) is 34.0 Å². The van der Waals surface area contributed by atoms with Gasteiger partial charge < -0.3 is 4.74 Å². The number of ether oxygens (including phenoxy) is 1. The van der Waals surface area contributed by atoms with Gasteiger partial charge in [0.25, 0.3) is 0 Å². The van der Waals surface area contributed by atoms with Crippen molar-refractivity contribution in [2.45, 2.75) is 71.6 Å². The number of esters is 1. The van der Waals surface area contributed by atoms with Crippen LogP contribution >= 0.6 is 0 Å². The molecule has 6 atom stereocenters. The molecular weight excluding hydrogens is 364 g/mol. The summed E-state index contributed by atoms with van der Waals surface area (Å²) in [5.74, 6) is 0.825. The molecule has 5 aliphatic rings. The number of hydrogen-bond acceptors (Lipinski definition) is 4. The number of Topliss-reactive ketones (excluding diaryl/α,β-unsaturated/α-hetero) is 1. The van der Waals surface area contributed by atoms with Gasteiger partial charge in [0.15, 0.2) is 5.78 Å². The van der Waals surface area contributed by atoms with Crippen molar-refractivity contribution in [1.82, 2.24) is 0 Å². The minimum atomic E-state index is -0.214. The van der Waals surface area contributed by atoms with E-state index >= 15 is 0 Å². The molecule has 3 fully saturated rings. The first-order valence-electron chi connectivity index (χ1n) is 11.3. The van der Waals surface area contributed by atoms with Crippen molar-refractivity contribution in [1.29, 1.82) is 0 Å². The summed E-state index contributed by atoms with van der Waals surface area (Å²) in [5, 5.41) is 0. The maximum Gasteiger partial charge on any atom is 0.309 e. The molecule has 5 aliphatic carbocycles. The number of carbonyl (C=O) groups is 3. The van der Waals surface area contributed by atoms with E-state index in [1.165, 1.54) is 12.7 Å². The van der Waals surface area contributed by atoms with Gasteiger partial charge >= 0.3 is 5.97 Å². The summed E-state index contributed by atoms with van der Waals surface area (Å²) < 4.78 is 5.26. The minimum Gasteiger partial charge on any atom is -0.469 e. The van der Waals surface area contributed by atoms with Crippen molar-refractivity contribution in [2.75, 3.05) is 7.11 Å². The van der Waals surface area contributed by atoms with Gasteiger partial charge in [-0.05, 0) is 67.3 Å². The smallest absolute Gasteiger partial charge is 0.309 e. The van der Waals surface area contributed by atoms with Crippen LogP contribution in [0.4, 0.5) is 0 Å². The highest BCUT2D eigenvalue weighted by atomic mass is 16.5. The summed E-state index contributed by atoms with van der Waals surface area (Å²) in [6.45, 7) is 4.67. The van der Waals surface area contributed by atoms with E-state index in [9.17, 15) is 14.4 Å². The van der Waals surface area contributed by atoms with Crippen LogP contribution in [0.5, 0.6) is 0 Å². The van der Waals surface area contributed by atoms with Gasteiger partial charge in [-0.15, -0.1) is 0 Å². The van der Waals surface area contributed by atoms with Gasteiger partial charge in [0.05, 0.1) is 13.0 Å².